The van der Waals surface area contributed by atoms with Crippen LogP contribution in [0, 0.1) is 11.3 Å². The number of esters is 1. The number of anilines is 1. The molecule has 120 valence electrons. The first kappa shape index (κ1) is 17.7. The van der Waals surface area contributed by atoms with E-state index in [2.05, 4.69) is 31.9 Å². The Morgan fingerprint density at radius 3 is 2.61 bits per heavy atom. The van der Waals surface area contributed by atoms with Gasteiger partial charge in [0.15, 0.2) is 5.69 Å². The van der Waals surface area contributed by atoms with Crippen molar-refractivity contribution in [3.8, 4) is 17.5 Å². The van der Waals surface area contributed by atoms with Crippen molar-refractivity contribution < 1.29 is 14.3 Å². The average molecular weight is 464 g/mol. The largest absolute Gasteiger partial charge is 0.494 e. The first-order chi connectivity index (χ1) is 10.9. The molecule has 0 spiro atoms. The third kappa shape index (κ3) is 2.92. The van der Waals surface area contributed by atoms with E-state index < -0.39 is 5.97 Å². The van der Waals surface area contributed by atoms with Crippen molar-refractivity contribution in [3.63, 3.8) is 0 Å². The van der Waals surface area contributed by atoms with E-state index in [-0.39, 0.29) is 16.9 Å². The number of methoxy groups -OCH3 is 2. The van der Waals surface area contributed by atoms with Gasteiger partial charge < -0.3 is 19.8 Å². The number of aromatic nitrogens is 1. The molecule has 1 heterocycles. The Bertz CT molecular complexity index is 843. The molecular formula is C14H10Br2ClN3O3. The van der Waals surface area contributed by atoms with E-state index in [1.807, 2.05) is 6.07 Å². The van der Waals surface area contributed by atoms with E-state index in [1.54, 1.807) is 6.07 Å². The summed E-state index contributed by atoms with van der Waals surface area (Å²) in [6, 6.07) is 3.58. The minimum atomic E-state index is -0.683. The Morgan fingerprint density at radius 1 is 1.43 bits per heavy atom. The van der Waals surface area contributed by atoms with Crippen LogP contribution in [-0.4, -0.2) is 24.8 Å². The molecular weight excluding hydrogens is 453 g/mol. The summed E-state index contributed by atoms with van der Waals surface area (Å²) in [6.07, 6.45) is 1.43. The molecule has 0 aliphatic rings. The van der Waals surface area contributed by atoms with Crippen LogP contribution in [-0.2, 0) is 4.74 Å². The monoisotopic (exact) mass is 461 g/mol. The molecule has 23 heavy (non-hydrogen) atoms. The summed E-state index contributed by atoms with van der Waals surface area (Å²) in [7, 11) is 2.70. The molecule has 0 bridgehead atoms. The molecule has 1 aromatic carbocycles. The molecule has 0 fully saturated rings. The molecule has 0 saturated heterocycles. The fourth-order valence-electron chi connectivity index (χ4n) is 2.03. The van der Waals surface area contributed by atoms with Crippen molar-refractivity contribution in [3.05, 3.63) is 37.5 Å². The van der Waals surface area contributed by atoms with Gasteiger partial charge in [0, 0.05) is 10.7 Å². The number of nitriles is 1. The van der Waals surface area contributed by atoms with Gasteiger partial charge in [0.1, 0.15) is 17.5 Å². The molecule has 1 aromatic heterocycles. The zero-order valence-corrected chi connectivity index (χ0v) is 15.9. The molecule has 6 nitrogen and oxygen atoms in total. The zero-order chi connectivity index (χ0) is 17.3. The molecule has 2 N–H and O–H groups in total. The molecule has 0 saturated carbocycles. The Labute approximate surface area is 154 Å². The summed E-state index contributed by atoms with van der Waals surface area (Å²) < 4.78 is 12.6. The van der Waals surface area contributed by atoms with Gasteiger partial charge in [-0.3, -0.25) is 0 Å². The number of nitrogens with zero attached hydrogens (tertiary/aromatic N) is 2. The van der Waals surface area contributed by atoms with E-state index in [9.17, 15) is 10.1 Å². The third-order valence-electron chi connectivity index (χ3n) is 3.11. The highest BCUT2D eigenvalue weighted by molar-refractivity contribution is 9.11. The van der Waals surface area contributed by atoms with Crippen LogP contribution in [0.1, 0.15) is 16.1 Å². The lowest BCUT2D eigenvalue weighted by Gasteiger charge is -2.16. The molecule has 0 aliphatic heterocycles. The van der Waals surface area contributed by atoms with E-state index in [1.165, 1.54) is 25.0 Å². The van der Waals surface area contributed by atoms with Crippen molar-refractivity contribution in [2.24, 2.45) is 0 Å². The lowest BCUT2D eigenvalue weighted by Crippen LogP contribution is -2.12. The highest BCUT2D eigenvalue weighted by Crippen LogP contribution is 2.43. The van der Waals surface area contributed by atoms with Gasteiger partial charge >= 0.3 is 5.97 Å². The van der Waals surface area contributed by atoms with Gasteiger partial charge in [-0.25, -0.2) is 4.79 Å². The Morgan fingerprint density at radius 2 is 2.09 bits per heavy atom. The zero-order valence-electron chi connectivity index (χ0n) is 12.0. The van der Waals surface area contributed by atoms with Crippen LogP contribution in [0.3, 0.4) is 0 Å². The molecule has 0 aliphatic carbocycles. The number of rotatable bonds is 3. The van der Waals surface area contributed by atoms with Crippen LogP contribution in [0.25, 0.3) is 5.69 Å². The first-order valence-corrected chi connectivity index (χ1v) is 8.04. The summed E-state index contributed by atoms with van der Waals surface area (Å²) in [5.74, 6) is -0.269. The highest BCUT2D eigenvalue weighted by Gasteiger charge is 2.26. The number of carbonyl (C=O) groups excluding carboxylic acids is 1. The SMILES string of the molecule is COC(=O)c1c(N)c(C#N)cn1-c1c(OC)cc(Br)c(Cl)c1Br. The smallest absolute Gasteiger partial charge is 0.357 e. The van der Waals surface area contributed by atoms with Gasteiger partial charge in [0.2, 0.25) is 0 Å². The summed E-state index contributed by atoms with van der Waals surface area (Å²) in [5, 5.41) is 9.56. The van der Waals surface area contributed by atoms with E-state index in [0.717, 1.165) is 0 Å². The number of nitrogens with two attached hydrogens (primary N) is 1. The molecule has 9 heteroatoms. The Hall–Kier alpha value is -1.69. The predicted octanol–water partition coefficient (Wildman–Crippen LogP) is 3.90. The Kier molecular flexibility index (Phi) is 5.24. The fourth-order valence-corrected chi connectivity index (χ4v) is 3.45. The topological polar surface area (TPSA) is 90.3 Å². The molecule has 2 rings (SSSR count). The highest BCUT2D eigenvalue weighted by atomic mass is 79.9. The normalized spacial score (nSPS) is 10.3. The van der Waals surface area contributed by atoms with Gasteiger partial charge in [0.25, 0.3) is 0 Å². The molecule has 0 unspecified atom stereocenters. The Balaban J connectivity index is 2.90. The summed E-state index contributed by atoms with van der Waals surface area (Å²) in [6.45, 7) is 0. The predicted molar refractivity (Wildman–Crippen MR) is 93.2 cm³/mol. The van der Waals surface area contributed by atoms with Crippen LogP contribution in [0.2, 0.25) is 5.02 Å². The second-order valence-electron chi connectivity index (χ2n) is 4.32. The second-order valence-corrected chi connectivity index (χ2v) is 6.34. The molecule has 2 aromatic rings. The maximum absolute atomic E-state index is 12.1. The maximum Gasteiger partial charge on any atom is 0.357 e. The van der Waals surface area contributed by atoms with Gasteiger partial charge in [-0.1, -0.05) is 11.6 Å². The first-order valence-electron chi connectivity index (χ1n) is 6.08. The van der Waals surface area contributed by atoms with E-state index in [0.29, 0.717) is 25.4 Å². The molecule has 0 atom stereocenters. The number of hydrogen-bond acceptors (Lipinski definition) is 5. The molecule has 0 radical (unpaired) electrons. The minimum Gasteiger partial charge on any atom is -0.494 e. The maximum atomic E-state index is 12.1. The van der Waals surface area contributed by atoms with Gasteiger partial charge in [-0.2, -0.15) is 5.26 Å². The summed E-state index contributed by atoms with van der Waals surface area (Å²) in [5.41, 5.74) is 6.49. The van der Waals surface area contributed by atoms with Gasteiger partial charge in [0.05, 0.1) is 35.0 Å². The number of carbonyl (C=O) groups is 1. The van der Waals surface area contributed by atoms with E-state index in [4.69, 9.17) is 26.8 Å². The standard InChI is InChI=1S/C14H10Br2ClN3O3/c1-22-8-3-7(15)10(17)9(16)12(8)20-5-6(4-18)11(19)13(20)14(21)23-2/h3,5H,19H2,1-2H3. The van der Waals surface area contributed by atoms with Crippen LogP contribution < -0.4 is 10.5 Å². The van der Waals surface area contributed by atoms with Crippen molar-refractivity contribution in [2.75, 3.05) is 20.0 Å². The molecule has 0 amide bonds. The summed E-state index contributed by atoms with van der Waals surface area (Å²) >= 11 is 12.9. The lowest BCUT2D eigenvalue weighted by atomic mass is 10.2. The number of benzene rings is 1. The second kappa shape index (κ2) is 6.83. The van der Waals surface area contributed by atoms with Crippen molar-refractivity contribution in [1.29, 1.82) is 5.26 Å². The van der Waals surface area contributed by atoms with Crippen LogP contribution >= 0.6 is 43.5 Å². The van der Waals surface area contributed by atoms with Gasteiger partial charge in [-0.15, -0.1) is 0 Å². The number of ether oxygens (including phenoxy) is 2. The minimum absolute atomic E-state index is 0.0152. The third-order valence-corrected chi connectivity index (χ3v) is 5.35. The lowest BCUT2D eigenvalue weighted by molar-refractivity contribution is 0.0593. The van der Waals surface area contributed by atoms with Gasteiger partial charge in [-0.05, 0) is 37.9 Å². The van der Waals surface area contributed by atoms with Crippen LogP contribution in [0.5, 0.6) is 5.75 Å². The van der Waals surface area contributed by atoms with Crippen molar-refractivity contribution in [1.82, 2.24) is 4.57 Å². The van der Waals surface area contributed by atoms with Crippen molar-refractivity contribution >= 4 is 55.1 Å². The van der Waals surface area contributed by atoms with Crippen LogP contribution in [0.4, 0.5) is 5.69 Å². The van der Waals surface area contributed by atoms with Crippen LogP contribution in [0.15, 0.2) is 21.2 Å². The average Bonchev–Trinajstić information content (AvgIpc) is 2.87. The summed E-state index contributed by atoms with van der Waals surface area (Å²) in [4.78, 5) is 12.1. The van der Waals surface area contributed by atoms with E-state index >= 15 is 0 Å². The quantitative estimate of drug-likeness (QED) is 0.551. The number of halogens is 3. The fraction of sp³-hybridized carbons (Fsp3) is 0.143. The number of hydrogen-bond donors (Lipinski definition) is 1. The number of nitrogen functional groups attached to an aromatic ring is 1. The van der Waals surface area contributed by atoms with Crippen molar-refractivity contribution in [2.45, 2.75) is 0 Å².